The highest BCUT2D eigenvalue weighted by atomic mass is 35.5. The molecule has 0 saturated carbocycles. The highest BCUT2D eigenvalue weighted by Crippen LogP contribution is 2.23. The maximum atomic E-state index is 12.0. The first-order valence-corrected chi connectivity index (χ1v) is 8.69. The molecule has 0 aliphatic rings. The number of rotatable bonds is 7. The van der Waals surface area contributed by atoms with Gasteiger partial charge in [0.2, 0.25) is 0 Å². The van der Waals surface area contributed by atoms with Gasteiger partial charge in [-0.05, 0) is 41.8 Å². The highest BCUT2D eigenvalue weighted by molar-refractivity contribution is 6.30. The molecule has 5 heteroatoms. The molecule has 2 amide bonds. The van der Waals surface area contributed by atoms with Crippen LogP contribution >= 0.6 is 11.6 Å². The second kappa shape index (κ2) is 8.77. The average Bonchev–Trinajstić information content (AvgIpc) is 2.61. The summed E-state index contributed by atoms with van der Waals surface area (Å²) in [6.07, 6.45) is 0.776. The molecule has 0 aromatic heterocycles. The van der Waals surface area contributed by atoms with Crippen molar-refractivity contribution in [1.29, 1.82) is 0 Å². The second-order valence-electron chi connectivity index (χ2n) is 6.60. The lowest BCUT2D eigenvalue weighted by Gasteiger charge is -2.25. The number of hydrogen-bond acceptors (Lipinski definition) is 2. The molecule has 0 aliphatic heterocycles. The molecule has 2 N–H and O–H groups in total. The molecule has 0 aliphatic carbocycles. The summed E-state index contributed by atoms with van der Waals surface area (Å²) >= 11 is 5.93. The van der Waals surface area contributed by atoms with Crippen molar-refractivity contribution in [2.24, 2.45) is 0 Å². The van der Waals surface area contributed by atoms with E-state index in [0.717, 1.165) is 23.3 Å². The number of amides is 2. The van der Waals surface area contributed by atoms with Crippen molar-refractivity contribution < 1.29 is 9.53 Å². The largest absolute Gasteiger partial charge is 0.497 e. The Bertz CT molecular complexity index is 682. The number of ether oxygens (including phenoxy) is 1. The molecule has 2 rings (SSSR count). The number of methoxy groups -OCH3 is 1. The van der Waals surface area contributed by atoms with Gasteiger partial charge in [-0.2, -0.15) is 0 Å². The van der Waals surface area contributed by atoms with Gasteiger partial charge in [0.05, 0.1) is 7.11 Å². The van der Waals surface area contributed by atoms with Crippen LogP contribution in [0.5, 0.6) is 5.75 Å². The van der Waals surface area contributed by atoms with E-state index < -0.39 is 0 Å². The van der Waals surface area contributed by atoms with Crippen LogP contribution in [0.2, 0.25) is 5.02 Å². The molecule has 0 fully saturated rings. The van der Waals surface area contributed by atoms with E-state index in [1.54, 1.807) is 7.11 Å². The molecule has 4 nitrogen and oxygen atoms in total. The molecule has 0 bridgehead atoms. The molecule has 0 atom stereocenters. The maximum Gasteiger partial charge on any atom is 0.314 e. The van der Waals surface area contributed by atoms with Gasteiger partial charge < -0.3 is 15.4 Å². The summed E-state index contributed by atoms with van der Waals surface area (Å²) in [5.74, 6) is 0.832. The number of hydrogen-bond donors (Lipinski definition) is 2. The number of benzene rings is 2. The van der Waals surface area contributed by atoms with Gasteiger partial charge in [0.1, 0.15) is 5.75 Å². The Labute approximate surface area is 154 Å². The van der Waals surface area contributed by atoms with Gasteiger partial charge in [0, 0.05) is 23.5 Å². The van der Waals surface area contributed by atoms with Crippen LogP contribution in [0.1, 0.15) is 25.0 Å². The highest BCUT2D eigenvalue weighted by Gasteiger charge is 2.21. The quantitative estimate of drug-likeness (QED) is 0.778. The lowest BCUT2D eigenvalue weighted by Crippen LogP contribution is -2.42. The number of nitrogens with one attached hydrogen (secondary N) is 2. The van der Waals surface area contributed by atoms with E-state index in [1.807, 2.05) is 48.5 Å². The fraction of sp³-hybridized carbons (Fsp3) is 0.350. The molecular weight excluding hydrogens is 336 g/mol. The monoisotopic (exact) mass is 360 g/mol. The number of carbonyl (C=O) groups is 1. The topological polar surface area (TPSA) is 50.4 Å². The standard InChI is InChI=1S/C20H25ClN2O2/c1-20(2,16-6-8-17(21)9-7-16)14-23-19(24)22-13-12-15-4-10-18(25-3)11-5-15/h4-11H,12-14H2,1-3H3,(H2,22,23,24). The number of urea groups is 1. The van der Waals surface area contributed by atoms with Crippen LogP contribution in [0.3, 0.4) is 0 Å². The predicted octanol–water partition coefficient (Wildman–Crippen LogP) is 4.17. The van der Waals surface area contributed by atoms with Crippen LogP contribution < -0.4 is 15.4 Å². The second-order valence-corrected chi connectivity index (χ2v) is 7.03. The Balaban J connectivity index is 1.75. The van der Waals surface area contributed by atoms with Gasteiger partial charge in [-0.25, -0.2) is 4.79 Å². The Morgan fingerprint density at radius 1 is 1.04 bits per heavy atom. The van der Waals surface area contributed by atoms with E-state index >= 15 is 0 Å². The first-order chi connectivity index (χ1) is 11.9. The smallest absolute Gasteiger partial charge is 0.314 e. The summed E-state index contributed by atoms with van der Waals surface area (Å²) in [6.45, 7) is 5.31. The third-order valence-corrected chi connectivity index (χ3v) is 4.43. The van der Waals surface area contributed by atoms with Crippen LogP contribution in [0.4, 0.5) is 4.79 Å². The third-order valence-electron chi connectivity index (χ3n) is 4.17. The van der Waals surface area contributed by atoms with E-state index in [2.05, 4.69) is 24.5 Å². The average molecular weight is 361 g/mol. The van der Waals surface area contributed by atoms with E-state index in [4.69, 9.17) is 16.3 Å². The molecule has 25 heavy (non-hydrogen) atoms. The molecule has 134 valence electrons. The van der Waals surface area contributed by atoms with Gasteiger partial charge in [-0.1, -0.05) is 49.7 Å². The van der Waals surface area contributed by atoms with Crippen LogP contribution in [0.25, 0.3) is 0 Å². The van der Waals surface area contributed by atoms with Crippen molar-refractivity contribution in [2.75, 3.05) is 20.2 Å². The Morgan fingerprint density at radius 3 is 2.28 bits per heavy atom. The van der Waals surface area contributed by atoms with Crippen LogP contribution in [-0.2, 0) is 11.8 Å². The SMILES string of the molecule is COc1ccc(CCNC(=O)NCC(C)(C)c2ccc(Cl)cc2)cc1. The van der Waals surface area contributed by atoms with Crippen molar-refractivity contribution >= 4 is 17.6 Å². The molecule has 0 spiro atoms. The zero-order valence-electron chi connectivity index (χ0n) is 14.9. The van der Waals surface area contributed by atoms with Crippen molar-refractivity contribution in [3.05, 3.63) is 64.7 Å². The lowest BCUT2D eigenvalue weighted by atomic mass is 9.85. The molecule has 0 saturated heterocycles. The van der Waals surface area contributed by atoms with Gasteiger partial charge in [-0.3, -0.25) is 0 Å². The van der Waals surface area contributed by atoms with E-state index in [1.165, 1.54) is 0 Å². The maximum absolute atomic E-state index is 12.0. The van der Waals surface area contributed by atoms with E-state index in [9.17, 15) is 4.79 Å². The third kappa shape index (κ3) is 5.98. The summed E-state index contributed by atoms with van der Waals surface area (Å²) in [5, 5.41) is 6.54. The Morgan fingerprint density at radius 2 is 1.68 bits per heavy atom. The van der Waals surface area contributed by atoms with Gasteiger partial charge in [-0.15, -0.1) is 0 Å². The van der Waals surface area contributed by atoms with Gasteiger partial charge >= 0.3 is 6.03 Å². The molecular formula is C20H25ClN2O2. The van der Waals surface area contributed by atoms with Gasteiger partial charge in [0.15, 0.2) is 0 Å². The summed E-state index contributed by atoms with van der Waals surface area (Å²) in [6, 6.07) is 15.4. The first-order valence-electron chi connectivity index (χ1n) is 8.31. The minimum atomic E-state index is -0.169. The fourth-order valence-electron chi connectivity index (χ4n) is 2.48. The molecule has 0 heterocycles. The Hall–Kier alpha value is -2.20. The zero-order valence-corrected chi connectivity index (χ0v) is 15.7. The van der Waals surface area contributed by atoms with Crippen molar-refractivity contribution in [1.82, 2.24) is 10.6 Å². The van der Waals surface area contributed by atoms with Crippen LogP contribution in [-0.4, -0.2) is 26.2 Å². The van der Waals surface area contributed by atoms with Crippen molar-refractivity contribution in [2.45, 2.75) is 25.7 Å². The van der Waals surface area contributed by atoms with E-state index in [0.29, 0.717) is 18.1 Å². The molecule has 2 aromatic rings. The number of carbonyl (C=O) groups excluding carboxylic acids is 1. The predicted molar refractivity (Wildman–Crippen MR) is 103 cm³/mol. The molecule has 0 radical (unpaired) electrons. The zero-order chi connectivity index (χ0) is 18.3. The normalized spacial score (nSPS) is 11.0. The minimum absolute atomic E-state index is 0.157. The Kier molecular flexibility index (Phi) is 6.71. The fourth-order valence-corrected chi connectivity index (χ4v) is 2.61. The summed E-state index contributed by atoms with van der Waals surface area (Å²) in [4.78, 5) is 12.0. The van der Waals surface area contributed by atoms with Crippen molar-refractivity contribution in [3.8, 4) is 5.75 Å². The van der Waals surface area contributed by atoms with E-state index in [-0.39, 0.29) is 11.4 Å². The molecule has 2 aromatic carbocycles. The van der Waals surface area contributed by atoms with Crippen LogP contribution in [0.15, 0.2) is 48.5 Å². The summed E-state index contributed by atoms with van der Waals surface area (Å²) < 4.78 is 5.13. The van der Waals surface area contributed by atoms with Gasteiger partial charge in [0.25, 0.3) is 0 Å². The van der Waals surface area contributed by atoms with Crippen molar-refractivity contribution in [3.63, 3.8) is 0 Å². The summed E-state index contributed by atoms with van der Waals surface area (Å²) in [5.41, 5.74) is 2.12. The van der Waals surface area contributed by atoms with Crippen LogP contribution in [0, 0.1) is 0 Å². The summed E-state index contributed by atoms with van der Waals surface area (Å²) in [7, 11) is 1.65. The lowest BCUT2D eigenvalue weighted by molar-refractivity contribution is 0.238. The first kappa shape index (κ1) is 19.1. The number of halogens is 1. The molecule has 0 unspecified atom stereocenters. The minimum Gasteiger partial charge on any atom is -0.497 e.